The number of carbonyl (C=O) groups is 1. The molecule has 0 aromatic carbocycles. The number of carbonyl (C=O) groups excluding carboxylic acids is 1. The maximum Gasteiger partial charge on any atom is 0.202 e. The predicted octanol–water partition coefficient (Wildman–Crippen LogP) is 5.12. The molecule has 0 bridgehead atoms. The molecular formula is C28H36N4O3. The molecule has 1 aliphatic carbocycles. The second-order valence-electron chi connectivity index (χ2n) is 11.2. The Labute approximate surface area is 213 Å². The number of H-pyrrole nitrogens is 1. The fraction of sp³-hybridized carbons (Fsp3) is 0.571. The lowest BCUT2D eigenvalue weighted by Gasteiger charge is -2.46. The average molecular weight is 481 g/mol. The number of hydrogen-bond acceptors (Lipinski definition) is 6. The molecule has 186 valence electrons. The van der Waals surface area contributed by atoms with E-state index in [-0.39, 0.29) is 54.2 Å². The van der Waals surface area contributed by atoms with E-state index in [1.807, 2.05) is 32.9 Å². The summed E-state index contributed by atoms with van der Waals surface area (Å²) in [5.41, 5.74) is -0.617. The number of aromatic amines is 1. The molecular weight excluding hydrogens is 440 g/mol. The highest BCUT2D eigenvalue weighted by molar-refractivity contribution is 5.95. The summed E-state index contributed by atoms with van der Waals surface area (Å²) in [6.45, 7) is 9.16. The van der Waals surface area contributed by atoms with Gasteiger partial charge in [0.25, 0.3) is 0 Å². The van der Waals surface area contributed by atoms with Crippen molar-refractivity contribution in [3.8, 4) is 6.07 Å². The van der Waals surface area contributed by atoms with Crippen molar-refractivity contribution in [2.75, 3.05) is 6.61 Å². The second-order valence-corrected chi connectivity index (χ2v) is 11.2. The molecule has 3 heterocycles. The lowest BCUT2D eigenvalue weighted by Crippen LogP contribution is -2.48. The molecule has 7 nitrogen and oxygen atoms in total. The van der Waals surface area contributed by atoms with Gasteiger partial charge in [-0.15, -0.1) is 0 Å². The minimum atomic E-state index is -2.19. The summed E-state index contributed by atoms with van der Waals surface area (Å²) in [6, 6.07) is 5.51. The molecule has 0 spiro atoms. The van der Waals surface area contributed by atoms with E-state index in [2.05, 4.69) is 9.97 Å². The molecule has 7 heteroatoms. The number of imidazole rings is 1. The van der Waals surface area contributed by atoms with Gasteiger partial charge in [0.2, 0.25) is 5.78 Å². The van der Waals surface area contributed by atoms with Crippen LogP contribution in [0.5, 0.6) is 0 Å². The van der Waals surface area contributed by atoms with Gasteiger partial charge in [0.15, 0.2) is 5.82 Å². The Morgan fingerprint density at radius 3 is 2.80 bits per heavy atom. The van der Waals surface area contributed by atoms with Crippen LogP contribution in [0.15, 0.2) is 24.4 Å². The van der Waals surface area contributed by atoms with Crippen LogP contribution in [0.1, 0.15) is 111 Å². The monoisotopic (exact) mass is 480 g/mol. The molecule has 1 aliphatic heterocycles. The number of aliphatic hydroxyl groups is 1. The van der Waals surface area contributed by atoms with E-state index >= 15 is 0 Å². The van der Waals surface area contributed by atoms with Crippen LogP contribution in [0.3, 0.4) is 0 Å². The third kappa shape index (κ3) is 5.71. The van der Waals surface area contributed by atoms with E-state index in [0.29, 0.717) is 24.1 Å². The SMILES string of the molecule is [2H]C1=C(c2nc(C3CC(C)(C)OC(C)(CO)C3)ccc2CC(=O)c2ncc(C#N)[nH]2)C([2H])([2H])C([2H])C(C)(C)C1. The maximum atomic E-state index is 13.1. The highest BCUT2D eigenvalue weighted by Gasteiger charge is 2.43. The second kappa shape index (κ2) is 9.33. The van der Waals surface area contributed by atoms with E-state index in [4.69, 9.17) is 20.5 Å². The van der Waals surface area contributed by atoms with Gasteiger partial charge in [-0.1, -0.05) is 26.0 Å². The molecule has 2 N–H and O–H groups in total. The molecule has 3 atom stereocenters. The third-order valence-corrected chi connectivity index (χ3v) is 6.57. The smallest absolute Gasteiger partial charge is 0.202 e. The number of nitriles is 1. The zero-order chi connectivity index (χ0) is 29.0. The quantitative estimate of drug-likeness (QED) is 0.555. The standard InChI is InChI=1S/C28H36N4O3/c1-26(2)10-8-18(9-11-26)24-19(12-23(34)25-30-16-21(15-29)31-25)6-7-22(32-24)20-13-27(3,4)35-28(5,14-20)17-33/h6-8,16,20,33H,9-14,17H2,1-5H3,(H,30,31)/i8D,9D2,11D. The van der Waals surface area contributed by atoms with Gasteiger partial charge in [0, 0.05) is 22.1 Å². The Morgan fingerprint density at radius 2 is 2.11 bits per heavy atom. The van der Waals surface area contributed by atoms with E-state index in [9.17, 15) is 9.90 Å². The highest BCUT2D eigenvalue weighted by Crippen LogP contribution is 2.44. The van der Waals surface area contributed by atoms with Gasteiger partial charge in [-0.05, 0) is 75.4 Å². The first kappa shape index (κ1) is 20.4. The summed E-state index contributed by atoms with van der Waals surface area (Å²) in [5.74, 6) is -0.513. The van der Waals surface area contributed by atoms with Gasteiger partial charge in [-0.25, -0.2) is 4.98 Å². The number of aromatic nitrogens is 3. The van der Waals surface area contributed by atoms with Gasteiger partial charge < -0.3 is 14.8 Å². The Kier molecular flexibility index (Phi) is 5.43. The highest BCUT2D eigenvalue weighted by atomic mass is 16.5. The maximum absolute atomic E-state index is 13.1. The number of pyridine rings is 1. The summed E-state index contributed by atoms with van der Waals surface area (Å²) in [6.07, 6.45) is -0.919. The molecule has 1 saturated heterocycles. The normalized spacial score (nSPS) is 31.0. The Morgan fingerprint density at radius 1 is 1.34 bits per heavy atom. The first-order chi connectivity index (χ1) is 18.0. The third-order valence-electron chi connectivity index (χ3n) is 6.57. The van der Waals surface area contributed by atoms with E-state index in [1.54, 1.807) is 19.9 Å². The number of ketones is 1. The minimum Gasteiger partial charge on any atom is -0.393 e. The first-order valence-electron chi connectivity index (χ1n) is 14.0. The molecule has 1 fully saturated rings. The zero-order valence-electron chi connectivity index (χ0n) is 25.0. The summed E-state index contributed by atoms with van der Waals surface area (Å²) in [5, 5.41) is 19.1. The van der Waals surface area contributed by atoms with E-state index < -0.39 is 35.2 Å². The number of ether oxygens (including phenoxy) is 1. The zero-order valence-corrected chi connectivity index (χ0v) is 21.0. The largest absolute Gasteiger partial charge is 0.393 e. The van der Waals surface area contributed by atoms with Gasteiger partial charge >= 0.3 is 0 Å². The predicted molar refractivity (Wildman–Crippen MR) is 134 cm³/mol. The van der Waals surface area contributed by atoms with Crippen molar-refractivity contribution in [1.29, 1.82) is 5.26 Å². The topological polar surface area (TPSA) is 112 Å². The molecule has 0 radical (unpaired) electrons. The number of hydrogen-bond donors (Lipinski definition) is 2. The van der Waals surface area contributed by atoms with Crippen molar-refractivity contribution in [1.82, 2.24) is 15.0 Å². The van der Waals surface area contributed by atoms with Crippen LogP contribution >= 0.6 is 0 Å². The Balaban J connectivity index is 1.84. The fourth-order valence-corrected chi connectivity index (χ4v) is 4.95. The Hall–Kier alpha value is -2.82. The van der Waals surface area contributed by atoms with Crippen molar-refractivity contribution in [2.24, 2.45) is 5.41 Å². The summed E-state index contributed by atoms with van der Waals surface area (Å²) >= 11 is 0. The average Bonchev–Trinajstić information content (AvgIpc) is 3.32. The lowest BCUT2D eigenvalue weighted by atomic mass is 9.76. The molecule has 2 aromatic heterocycles. The van der Waals surface area contributed by atoms with Gasteiger partial charge in [-0.2, -0.15) is 5.26 Å². The first-order valence-corrected chi connectivity index (χ1v) is 11.9. The summed E-state index contributed by atoms with van der Waals surface area (Å²) in [4.78, 5) is 24.7. The van der Waals surface area contributed by atoms with Gasteiger partial charge in [0.1, 0.15) is 11.8 Å². The lowest BCUT2D eigenvalue weighted by molar-refractivity contribution is -0.187. The number of nitrogens with zero attached hydrogens (tertiary/aromatic N) is 3. The van der Waals surface area contributed by atoms with Gasteiger partial charge in [0.05, 0.1) is 31.1 Å². The molecule has 4 rings (SSSR count). The number of rotatable bonds is 6. The molecule has 2 aromatic rings. The van der Waals surface area contributed by atoms with Gasteiger partial charge in [-0.3, -0.25) is 9.78 Å². The van der Waals surface area contributed by atoms with Crippen molar-refractivity contribution in [3.05, 3.63) is 52.9 Å². The number of aliphatic hydroxyl groups excluding tert-OH is 1. The molecule has 3 unspecified atom stereocenters. The Bertz CT molecular complexity index is 1360. The summed E-state index contributed by atoms with van der Waals surface area (Å²) < 4.78 is 41.6. The van der Waals surface area contributed by atoms with Crippen molar-refractivity contribution < 1.29 is 20.1 Å². The van der Waals surface area contributed by atoms with E-state index in [0.717, 1.165) is 0 Å². The van der Waals surface area contributed by atoms with Crippen LogP contribution in [-0.2, 0) is 11.2 Å². The van der Waals surface area contributed by atoms with Crippen LogP contribution in [-0.4, -0.2) is 43.7 Å². The minimum absolute atomic E-state index is 0.0118. The number of allylic oxidation sites excluding steroid dienone is 2. The van der Waals surface area contributed by atoms with Crippen LogP contribution in [0.2, 0.25) is 0 Å². The van der Waals surface area contributed by atoms with Crippen LogP contribution in [0.4, 0.5) is 0 Å². The fourth-order valence-electron chi connectivity index (χ4n) is 4.95. The molecule has 0 amide bonds. The number of nitrogens with one attached hydrogen (secondary N) is 1. The van der Waals surface area contributed by atoms with Crippen molar-refractivity contribution in [3.63, 3.8) is 0 Å². The van der Waals surface area contributed by atoms with Crippen molar-refractivity contribution in [2.45, 2.75) is 90.2 Å². The van der Waals surface area contributed by atoms with Crippen LogP contribution in [0, 0.1) is 16.7 Å². The van der Waals surface area contributed by atoms with Crippen LogP contribution in [0.25, 0.3) is 5.57 Å². The van der Waals surface area contributed by atoms with Crippen LogP contribution < -0.4 is 0 Å². The molecule has 2 aliphatic rings. The molecule has 0 saturated carbocycles. The molecule has 35 heavy (non-hydrogen) atoms. The van der Waals surface area contributed by atoms with E-state index in [1.165, 1.54) is 6.20 Å². The number of Topliss-reactive ketones (excluding diaryl/α,β-unsaturated/α-hetero) is 1. The summed E-state index contributed by atoms with van der Waals surface area (Å²) in [7, 11) is 0. The van der Waals surface area contributed by atoms with Crippen molar-refractivity contribution >= 4 is 11.4 Å².